The summed E-state index contributed by atoms with van der Waals surface area (Å²) in [5.41, 5.74) is 8.24. The number of primary amides is 1. The molecule has 4 aromatic rings. The van der Waals surface area contributed by atoms with E-state index in [4.69, 9.17) is 5.73 Å². The Morgan fingerprint density at radius 1 is 1.28 bits per heavy atom. The topological polar surface area (TPSA) is 149 Å². The van der Waals surface area contributed by atoms with E-state index in [-0.39, 0.29) is 17.9 Å². The van der Waals surface area contributed by atoms with Crippen LogP contribution in [0.4, 0.5) is 10.7 Å². The van der Waals surface area contributed by atoms with Crippen LogP contribution in [-0.2, 0) is 0 Å². The smallest absolute Gasteiger partial charge is 0.318 e. The molecule has 1 aromatic carbocycles. The molecule has 3 heterocycles. The molecule has 1 fully saturated rings. The van der Waals surface area contributed by atoms with Gasteiger partial charge in [0.25, 0.3) is 5.91 Å². The Morgan fingerprint density at radius 3 is 2.86 bits per heavy atom. The van der Waals surface area contributed by atoms with Crippen molar-refractivity contribution in [3.8, 4) is 11.4 Å². The van der Waals surface area contributed by atoms with E-state index in [9.17, 15) is 9.59 Å². The SMILES string of the molecule is NC(=O)Nc1nc2c(-n3cccn3)cc(-n3cnc(C(=O)NC4CC4)c3)cc2[nH]1. The van der Waals surface area contributed by atoms with Crippen LogP contribution in [0.1, 0.15) is 23.3 Å². The van der Waals surface area contributed by atoms with Crippen LogP contribution in [0.2, 0.25) is 0 Å². The molecule has 0 saturated heterocycles. The van der Waals surface area contributed by atoms with Crippen LogP contribution in [0.15, 0.2) is 43.1 Å². The van der Waals surface area contributed by atoms with Crippen molar-refractivity contribution in [3.63, 3.8) is 0 Å². The zero-order valence-corrected chi connectivity index (χ0v) is 15.2. The van der Waals surface area contributed by atoms with Gasteiger partial charge in [-0.15, -0.1) is 0 Å². The molecule has 3 aromatic heterocycles. The van der Waals surface area contributed by atoms with E-state index in [1.807, 2.05) is 12.1 Å². The standard InChI is InChI=1S/C18H17N9O2/c19-17(29)25-18-23-12-6-11(7-14(15(12)24-18)27-5-1-4-21-27)26-8-13(20-9-26)16(28)22-10-2-3-10/h1,4-10H,2-3H2,(H,22,28)(H4,19,23,24,25,29). The molecule has 0 spiro atoms. The maximum Gasteiger partial charge on any atom is 0.318 e. The van der Waals surface area contributed by atoms with Crippen LogP contribution >= 0.6 is 0 Å². The maximum absolute atomic E-state index is 12.2. The summed E-state index contributed by atoms with van der Waals surface area (Å²) in [6.45, 7) is 0. The van der Waals surface area contributed by atoms with E-state index in [1.54, 1.807) is 40.2 Å². The van der Waals surface area contributed by atoms with Gasteiger partial charge in [0.05, 0.1) is 16.9 Å². The van der Waals surface area contributed by atoms with Gasteiger partial charge in [0, 0.05) is 24.6 Å². The third kappa shape index (κ3) is 3.29. The molecule has 1 aliphatic rings. The highest BCUT2D eigenvalue weighted by Gasteiger charge is 2.24. The van der Waals surface area contributed by atoms with Crippen molar-refractivity contribution in [3.05, 3.63) is 48.8 Å². The molecule has 5 N–H and O–H groups in total. The molecule has 29 heavy (non-hydrogen) atoms. The minimum Gasteiger partial charge on any atom is -0.351 e. The predicted octanol–water partition coefficient (Wildman–Crippen LogP) is 1.32. The minimum atomic E-state index is -0.717. The molecule has 0 radical (unpaired) electrons. The van der Waals surface area contributed by atoms with E-state index in [1.165, 1.54) is 0 Å². The first-order valence-electron chi connectivity index (χ1n) is 9.02. The number of aromatic amines is 1. The number of H-pyrrole nitrogens is 1. The molecule has 11 heteroatoms. The Kier molecular flexibility index (Phi) is 3.79. The monoisotopic (exact) mass is 391 g/mol. The van der Waals surface area contributed by atoms with Gasteiger partial charge in [-0.25, -0.2) is 19.4 Å². The Balaban J connectivity index is 1.58. The van der Waals surface area contributed by atoms with E-state index in [0.29, 0.717) is 22.4 Å². The van der Waals surface area contributed by atoms with Gasteiger partial charge in [-0.05, 0) is 31.0 Å². The Morgan fingerprint density at radius 2 is 2.14 bits per heavy atom. The number of hydrogen-bond acceptors (Lipinski definition) is 5. The largest absolute Gasteiger partial charge is 0.351 e. The van der Waals surface area contributed by atoms with Crippen LogP contribution in [0.5, 0.6) is 0 Å². The van der Waals surface area contributed by atoms with E-state index in [2.05, 4.69) is 30.7 Å². The Labute approximate surface area is 163 Å². The summed E-state index contributed by atoms with van der Waals surface area (Å²) >= 11 is 0. The van der Waals surface area contributed by atoms with Gasteiger partial charge in [-0.2, -0.15) is 5.10 Å². The number of carbonyl (C=O) groups excluding carboxylic acids is 2. The highest BCUT2D eigenvalue weighted by molar-refractivity contribution is 5.93. The lowest BCUT2D eigenvalue weighted by molar-refractivity contribution is 0.0946. The first kappa shape index (κ1) is 17.0. The molecule has 0 unspecified atom stereocenters. The molecule has 5 rings (SSSR count). The van der Waals surface area contributed by atoms with Gasteiger partial charge in [0.2, 0.25) is 5.95 Å². The third-order valence-corrected chi connectivity index (χ3v) is 4.57. The first-order chi connectivity index (χ1) is 14.1. The summed E-state index contributed by atoms with van der Waals surface area (Å²) < 4.78 is 3.41. The number of amides is 3. The highest BCUT2D eigenvalue weighted by Crippen LogP contribution is 2.26. The van der Waals surface area contributed by atoms with Gasteiger partial charge < -0.3 is 20.6 Å². The minimum absolute atomic E-state index is 0.186. The van der Waals surface area contributed by atoms with Crippen LogP contribution in [0.3, 0.4) is 0 Å². The Hall–Kier alpha value is -4.15. The number of nitrogens with two attached hydrogens (primary N) is 1. The molecular weight excluding hydrogens is 374 g/mol. The number of nitrogens with one attached hydrogen (secondary N) is 3. The quantitative estimate of drug-likeness (QED) is 0.405. The van der Waals surface area contributed by atoms with Crippen molar-refractivity contribution in [2.24, 2.45) is 5.73 Å². The molecule has 1 saturated carbocycles. The average molecular weight is 391 g/mol. The van der Waals surface area contributed by atoms with Crippen LogP contribution in [0.25, 0.3) is 22.4 Å². The van der Waals surface area contributed by atoms with Crippen molar-refractivity contribution in [2.45, 2.75) is 18.9 Å². The van der Waals surface area contributed by atoms with Gasteiger partial charge in [-0.3, -0.25) is 10.1 Å². The summed E-state index contributed by atoms with van der Waals surface area (Å²) in [5.74, 6) is 0.0438. The zero-order chi connectivity index (χ0) is 20.0. The lowest BCUT2D eigenvalue weighted by atomic mass is 10.2. The number of urea groups is 1. The van der Waals surface area contributed by atoms with Crippen LogP contribution < -0.4 is 16.4 Å². The van der Waals surface area contributed by atoms with E-state index < -0.39 is 6.03 Å². The molecule has 0 aliphatic heterocycles. The predicted molar refractivity (Wildman–Crippen MR) is 104 cm³/mol. The highest BCUT2D eigenvalue weighted by atomic mass is 16.2. The number of hydrogen-bond donors (Lipinski definition) is 4. The summed E-state index contributed by atoms with van der Waals surface area (Å²) in [7, 11) is 0. The second-order valence-corrected chi connectivity index (χ2v) is 6.80. The third-order valence-electron chi connectivity index (χ3n) is 4.57. The summed E-state index contributed by atoms with van der Waals surface area (Å²) in [4.78, 5) is 35.1. The fraction of sp³-hybridized carbons (Fsp3) is 0.167. The molecule has 146 valence electrons. The van der Waals surface area contributed by atoms with Crippen molar-refractivity contribution in [2.75, 3.05) is 5.32 Å². The van der Waals surface area contributed by atoms with Gasteiger partial charge >= 0.3 is 6.03 Å². The molecule has 0 atom stereocenters. The van der Waals surface area contributed by atoms with E-state index >= 15 is 0 Å². The average Bonchev–Trinajstić information content (AvgIpc) is 3.11. The van der Waals surface area contributed by atoms with E-state index in [0.717, 1.165) is 18.5 Å². The lowest BCUT2D eigenvalue weighted by Gasteiger charge is -2.07. The summed E-state index contributed by atoms with van der Waals surface area (Å²) in [6.07, 6.45) is 8.72. The maximum atomic E-state index is 12.2. The molecular formula is C18H17N9O2. The fourth-order valence-corrected chi connectivity index (χ4v) is 3.06. The van der Waals surface area contributed by atoms with Gasteiger partial charge in [-0.1, -0.05) is 0 Å². The van der Waals surface area contributed by atoms with Crippen LogP contribution in [0, 0.1) is 0 Å². The molecule has 0 bridgehead atoms. The van der Waals surface area contributed by atoms with Crippen molar-refractivity contribution >= 4 is 28.9 Å². The van der Waals surface area contributed by atoms with Crippen molar-refractivity contribution in [1.82, 2.24) is 34.6 Å². The number of benzene rings is 1. The summed E-state index contributed by atoms with van der Waals surface area (Å²) in [6, 6.07) is 5.05. The second kappa shape index (κ2) is 6.48. The summed E-state index contributed by atoms with van der Waals surface area (Å²) in [5, 5.41) is 9.64. The van der Waals surface area contributed by atoms with Crippen molar-refractivity contribution < 1.29 is 9.59 Å². The molecule has 11 nitrogen and oxygen atoms in total. The van der Waals surface area contributed by atoms with Gasteiger partial charge in [0.15, 0.2) is 0 Å². The van der Waals surface area contributed by atoms with Crippen molar-refractivity contribution in [1.29, 1.82) is 0 Å². The first-order valence-corrected chi connectivity index (χ1v) is 9.02. The Bertz CT molecular complexity index is 1220. The molecule has 3 amide bonds. The lowest BCUT2D eigenvalue weighted by Crippen LogP contribution is -2.25. The normalized spacial score (nSPS) is 13.5. The number of nitrogens with zero attached hydrogens (tertiary/aromatic N) is 5. The van der Waals surface area contributed by atoms with Gasteiger partial charge in [0.1, 0.15) is 17.5 Å². The number of carbonyl (C=O) groups is 2. The zero-order valence-electron chi connectivity index (χ0n) is 15.2. The number of imidazole rings is 2. The number of fused-ring (bicyclic) bond motifs is 1. The number of rotatable bonds is 5. The van der Waals surface area contributed by atoms with Crippen LogP contribution in [-0.4, -0.2) is 47.3 Å². The second-order valence-electron chi connectivity index (χ2n) is 6.80. The fourth-order valence-electron chi connectivity index (χ4n) is 3.06. The number of aromatic nitrogens is 6. The molecule has 1 aliphatic carbocycles. The number of anilines is 1.